The number of carbonyl (C=O) groups excluding carboxylic acids is 3. The van der Waals surface area contributed by atoms with Gasteiger partial charge in [0.1, 0.15) is 0 Å². The summed E-state index contributed by atoms with van der Waals surface area (Å²) in [6.45, 7) is 1.79. The predicted octanol–water partition coefficient (Wildman–Crippen LogP) is 3.20. The Balaban J connectivity index is 1.90. The second-order valence-electron chi connectivity index (χ2n) is 5.49. The van der Waals surface area contributed by atoms with Crippen LogP contribution >= 0.6 is 22.6 Å². The number of aliphatic imine (C=N–C) groups is 1. The van der Waals surface area contributed by atoms with Crippen molar-refractivity contribution >= 4 is 58.0 Å². The van der Waals surface area contributed by atoms with Crippen molar-refractivity contribution < 1.29 is 14.4 Å². The van der Waals surface area contributed by atoms with Gasteiger partial charge in [-0.05, 0) is 65.4 Å². The minimum Gasteiger partial charge on any atom is -0.276 e. The van der Waals surface area contributed by atoms with E-state index in [1.54, 1.807) is 37.3 Å². The van der Waals surface area contributed by atoms with Crippen LogP contribution < -0.4 is 10.2 Å². The van der Waals surface area contributed by atoms with Gasteiger partial charge in [-0.15, -0.1) is 0 Å². The first kappa shape index (κ1) is 17.3. The minimum atomic E-state index is -1.16. The van der Waals surface area contributed by atoms with Gasteiger partial charge in [-0.25, -0.2) is 9.69 Å². The maximum Gasteiger partial charge on any atom is 0.335 e. The van der Waals surface area contributed by atoms with Crippen LogP contribution in [0.5, 0.6) is 0 Å². The smallest absolute Gasteiger partial charge is 0.276 e. The highest BCUT2D eigenvalue weighted by atomic mass is 127. The lowest BCUT2D eigenvalue weighted by molar-refractivity contribution is -0.131. The highest BCUT2D eigenvalue weighted by Gasteiger charge is 2.40. The molecule has 0 bridgehead atoms. The molecule has 7 heteroatoms. The molecule has 1 aliphatic rings. The average Bonchev–Trinajstić information content (AvgIpc) is 2.57. The number of carbonyl (C=O) groups is 3. The molecule has 2 aromatic carbocycles. The second-order valence-corrected chi connectivity index (χ2v) is 6.73. The van der Waals surface area contributed by atoms with Gasteiger partial charge in [-0.2, -0.15) is 0 Å². The van der Waals surface area contributed by atoms with Crippen molar-refractivity contribution in [3.05, 3.63) is 57.7 Å². The number of para-hydroxylation sites is 1. The molecule has 6 nitrogen and oxygen atoms in total. The van der Waals surface area contributed by atoms with Crippen LogP contribution in [0.3, 0.4) is 0 Å². The second kappa shape index (κ2) is 7.14. The zero-order valence-electron chi connectivity index (χ0n) is 13.3. The number of hydrogen-bond donors (Lipinski definition) is 1. The molecule has 0 radical (unpaired) electrons. The molecule has 1 saturated heterocycles. The highest BCUT2D eigenvalue weighted by Crippen LogP contribution is 2.24. The van der Waals surface area contributed by atoms with Gasteiger partial charge < -0.3 is 0 Å². The lowest BCUT2D eigenvalue weighted by Crippen LogP contribution is -2.58. The first-order valence-corrected chi connectivity index (χ1v) is 8.59. The van der Waals surface area contributed by atoms with E-state index in [1.165, 1.54) is 6.21 Å². The van der Waals surface area contributed by atoms with Crippen molar-refractivity contribution in [1.82, 2.24) is 5.32 Å². The van der Waals surface area contributed by atoms with E-state index in [9.17, 15) is 14.4 Å². The van der Waals surface area contributed by atoms with Gasteiger partial charge >= 0.3 is 6.03 Å². The van der Waals surface area contributed by atoms with E-state index in [0.29, 0.717) is 11.4 Å². The first-order chi connectivity index (χ1) is 12.0. The number of imide groups is 2. The maximum atomic E-state index is 12.7. The Morgan fingerprint density at radius 2 is 1.76 bits per heavy atom. The topological polar surface area (TPSA) is 78.8 Å². The third kappa shape index (κ3) is 3.60. The van der Waals surface area contributed by atoms with Crippen LogP contribution in [0.25, 0.3) is 0 Å². The lowest BCUT2D eigenvalue weighted by atomic mass is 10.0. The van der Waals surface area contributed by atoms with Crippen molar-refractivity contribution in [3.8, 4) is 0 Å². The standard InChI is InChI=1S/C18H14IN3O3/c1-11-4-2-3-5-15(11)22-17(24)14(16(23)21-18(22)25)10-20-13-8-6-12(19)7-9-13/h2-10,14H,1H3,(H,21,23,25)/t14-/m1/s1. The van der Waals surface area contributed by atoms with Crippen LogP contribution in [0.2, 0.25) is 0 Å². The summed E-state index contributed by atoms with van der Waals surface area (Å²) < 4.78 is 1.05. The molecule has 4 amide bonds. The number of barbiturate groups is 1. The zero-order chi connectivity index (χ0) is 18.0. The number of amides is 4. The molecule has 1 N–H and O–H groups in total. The van der Waals surface area contributed by atoms with E-state index in [4.69, 9.17) is 0 Å². The van der Waals surface area contributed by atoms with E-state index < -0.39 is 23.8 Å². The molecular formula is C18H14IN3O3. The normalized spacial score (nSPS) is 17.9. The Kier molecular flexibility index (Phi) is 4.93. The van der Waals surface area contributed by atoms with Crippen LogP contribution in [0.15, 0.2) is 53.5 Å². The summed E-state index contributed by atoms with van der Waals surface area (Å²) >= 11 is 2.17. The number of hydrogen-bond acceptors (Lipinski definition) is 4. The molecule has 1 fully saturated rings. The quantitative estimate of drug-likeness (QED) is 0.446. The zero-order valence-corrected chi connectivity index (χ0v) is 15.4. The van der Waals surface area contributed by atoms with Crippen LogP contribution in [0.1, 0.15) is 5.56 Å². The molecule has 0 aliphatic carbocycles. The summed E-state index contributed by atoms with van der Waals surface area (Å²) in [6, 6.07) is 13.6. The van der Waals surface area contributed by atoms with Gasteiger partial charge in [0.05, 0.1) is 11.4 Å². The molecule has 1 atom stereocenters. The van der Waals surface area contributed by atoms with Crippen molar-refractivity contribution in [1.29, 1.82) is 0 Å². The molecule has 1 aliphatic heterocycles. The van der Waals surface area contributed by atoms with E-state index in [-0.39, 0.29) is 0 Å². The summed E-state index contributed by atoms with van der Waals surface area (Å²) in [6.07, 6.45) is 1.28. The lowest BCUT2D eigenvalue weighted by Gasteiger charge is -2.29. The Morgan fingerprint density at radius 3 is 2.44 bits per heavy atom. The summed E-state index contributed by atoms with van der Waals surface area (Å²) in [7, 11) is 0. The van der Waals surface area contributed by atoms with Gasteiger partial charge in [0, 0.05) is 9.78 Å². The molecule has 2 aromatic rings. The van der Waals surface area contributed by atoms with Gasteiger partial charge in [-0.1, -0.05) is 18.2 Å². The molecule has 25 heavy (non-hydrogen) atoms. The number of nitrogens with one attached hydrogen (secondary N) is 1. The Hall–Kier alpha value is -2.55. The van der Waals surface area contributed by atoms with E-state index >= 15 is 0 Å². The van der Waals surface area contributed by atoms with Crippen LogP contribution in [-0.4, -0.2) is 24.1 Å². The van der Waals surface area contributed by atoms with Gasteiger partial charge in [0.15, 0.2) is 5.92 Å². The fourth-order valence-corrected chi connectivity index (χ4v) is 2.81. The largest absolute Gasteiger partial charge is 0.335 e. The summed E-state index contributed by atoms with van der Waals surface area (Å²) in [5.41, 5.74) is 1.83. The molecule has 1 heterocycles. The minimum absolute atomic E-state index is 0.449. The van der Waals surface area contributed by atoms with Gasteiger partial charge in [0.2, 0.25) is 5.91 Å². The number of rotatable bonds is 3. The number of anilines is 1. The fourth-order valence-electron chi connectivity index (χ4n) is 2.45. The summed E-state index contributed by atoms with van der Waals surface area (Å²) in [5.74, 6) is -2.44. The van der Waals surface area contributed by atoms with E-state index in [1.807, 2.05) is 18.2 Å². The SMILES string of the molecule is Cc1ccccc1N1C(=O)NC(=O)[C@@H](C=Nc2ccc(I)cc2)C1=O. The Morgan fingerprint density at radius 1 is 1.08 bits per heavy atom. The summed E-state index contributed by atoms with van der Waals surface area (Å²) in [5, 5.41) is 2.22. The van der Waals surface area contributed by atoms with Crippen LogP contribution in [0, 0.1) is 16.4 Å². The monoisotopic (exact) mass is 447 g/mol. The first-order valence-electron chi connectivity index (χ1n) is 7.51. The van der Waals surface area contributed by atoms with Crippen molar-refractivity contribution in [3.63, 3.8) is 0 Å². The molecule has 0 saturated carbocycles. The van der Waals surface area contributed by atoms with E-state index in [0.717, 1.165) is 14.0 Å². The number of urea groups is 1. The van der Waals surface area contributed by atoms with Crippen LogP contribution in [0.4, 0.5) is 16.2 Å². The molecule has 0 unspecified atom stereocenters. The predicted molar refractivity (Wildman–Crippen MR) is 103 cm³/mol. The molecule has 3 rings (SSSR count). The molecule has 0 aromatic heterocycles. The number of benzene rings is 2. The van der Waals surface area contributed by atoms with E-state index in [2.05, 4.69) is 32.9 Å². The number of nitrogens with zero attached hydrogens (tertiary/aromatic N) is 2. The molecule has 126 valence electrons. The van der Waals surface area contributed by atoms with Crippen LogP contribution in [-0.2, 0) is 9.59 Å². The Labute approximate surface area is 158 Å². The maximum absolute atomic E-state index is 12.7. The fraction of sp³-hybridized carbons (Fsp3) is 0.111. The third-order valence-electron chi connectivity index (χ3n) is 3.76. The third-order valence-corrected chi connectivity index (χ3v) is 4.48. The Bertz CT molecular complexity index is 877. The molecular weight excluding hydrogens is 433 g/mol. The average molecular weight is 447 g/mol. The van der Waals surface area contributed by atoms with Gasteiger partial charge in [0.25, 0.3) is 5.91 Å². The highest BCUT2D eigenvalue weighted by molar-refractivity contribution is 14.1. The molecule has 0 spiro atoms. The number of aryl methyl sites for hydroxylation is 1. The van der Waals surface area contributed by atoms with Crippen molar-refractivity contribution in [2.45, 2.75) is 6.92 Å². The number of halogens is 1. The summed E-state index contributed by atoms with van der Waals surface area (Å²) in [4.78, 5) is 42.1. The van der Waals surface area contributed by atoms with Gasteiger partial charge in [-0.3, -0.25) is 19.9 Å². The van der Waals surface area contributed by atoms with Crippen molar-refractivity contribution in [2.75, 3.05) is 4.90 Å². The van der Waals surface area contributed by atoms with Crippen molar-refractivity contribution in [2.24, 2.45) is 10.9 Å².